The van der Waals surface area contributed by atoms with E-state index in [0.717, 1.165) is 22.0 Å². The number of hydrogen-bond acceptors (Lipinski definition) is 5. The standard InChI is InChI=1S/C16H13Cl2NO2S2/c17-11-8-10(20)9-12(18)15(11)21-6-3-7-22-16-19-13-4-1-2-5-14(13)23-16/h1-2,4-5,8-9,20H,3,6-7H2. The normalized spacial score (nSPS) is 11.0. The summed E-state index contributed by atoms with van der Waals surface area (Å²) in [5, 5.41) is 10.0. The number of aromatic hydroxyl groups is 1. The highest BCUT2D eigenvalue weighted by molar-refractivity contribution is 8.01. The Kier molecular flexibility index (Phi) is 5.54. The van der Waals surface area contributed by atoms with Crippen molar-refractivity contribution in [3.63, 3.8) is 0 Å². The Bertz CT molecular complexity index is 767. The molecule has 0 unspecified atom stereocenters. The van der Waals surface area contributed by atoms with Crippen molar-refractivity contribution in [2.75, 3.05) is 12.4 Å². The van der Waals surface area contributed by atoms with Crippen molar-refractivity contribution in [2.45, 2.75) is 10.8 Å². The lowest BCUT2D eigenvalue weighted by Gasteiger charge is -2.09. The zero-order chi connectivity index (χ0) is 16.2. The first-order chi connectivity index (χ1) is 11.1. The molecule has 0 saturated heterocycles. The number of nitrogens with zero attached hydrogens (tertiary/aromatic N) is 1. The minimum Gasteiger partial charge on any atom is -0.508 e. The summed E-state index contributed by atoms with van der Waals surface area (Å²) < 4.78 is 7.88. The summed E-state index contributed by atoms with van der Waals surface area (Å²) in [5.41, 5.74) is 1.04. The van der Waals surface area contributed by atoms with Gasteiger partial charge in [0.05, 0.1) is 26.9 Å². The Morgan fingerprint density at radius 1 is 1.17 bits per heavy atom. The highest BCUT2D eigenvalue weighted by Crippen LogP contribution is 2.36. The maximum atomic E-state index is 9.38. The summed E-state index contributed by atoms with van der Waals surface area (Å²) in [7, 11) is 0. The first-order valence-electron chi connectivity index (χ1n) is 6.92. The third kappa shape index (κ3) is 4.23. The molecule has 2 aromatic carbocycles. The van der Waals surface area contributed by atoms with Gasteiger partial charge in [-0.05, 0) is 18.6 Å². The summed E-state index contributed by atoms with van der Waals surface area (Å²) in [6, 6.07) is 10.9. The Morgan fingerprint density at radius 3 is 2.65 bits per heavy atom. The van der Waals surface area contributed by atoms with Crippen LogP contribution in [0.25, 0.3) is 10.2 Å². The Hall–Kier alpha value is -1.14. The third-order valence-electron chi connectivity index (χ3n) is 3.02. The fourth-order valence-corrected chi connectivity index (χ4v) is 4.63. The van der Waals surface area contributed by atoms with Gasteiger partial charge in [0.15, 0.2) is 10.1 Å². The lowest BCUT2D eigenvalue weighted by Crippen LogP contribution is -1.99. The van der Waals surface area contributed by atoms with E-state index >= 15 is 0 Å². The van der Waals surface area contributed by atoms with Gasteiger partial charge in [-0.2, -0.15) is 0 Å². The van der Waals surface area contributed by atoms with Crippen LogP contribution in [-0.4, -0.2) is 22.5 Å². The molecule has 7 heteroatoms. The fourth-order valence-electron chi connectivity index (χ4n) is 1.99. The van der Waals surface area contributed by atoms with Gasteiger partial charge >= 0.3 is 0 Å². The monoisotopic (exact) mass is 385 g/mol. The second-order valence-corrected chi connectivity index (χ2v) is 7.92. The molecule has 0 fully saturated rings. The van der Waals surface area contributed by atoms with Gasteiger partial charge < -0.3 is 9.84 Å². The van der Waals surface area contributed by atoms with Crippen LogP contribution in [0.5, 0.6) is 11.5 Å². The lowest BCUT2D eigenvalue weighted by molar-refractivity contribution is 0.318. The molecular weight excluding hydrogens is 373 g/mol. The summed E-state index contributed by atoms with van der Waals surface area (Å²) in [6.45, 7) is 0.502. The zero-order valence-corrected chi connectivity index (χ0v) is 15.1. The fraction of sp³-hybridized carbons (Fsp3) is 0.188. The van der Waals surface area contributed by atoms with Crippen LogP contribution in [-0.2, 0) is 0 Å². The molecule has 1 N–H and O–H groups in total. The van der Waals surface area contributed by atoms with E-state index in [0.29, 0.717) is 22.4 Å². The minimum absolute atomic E-state index is 0.0266. The summed E-state index contributed by atoms with van der Waals surface area (Å²) in [5.74, 6) is 1.34. The van der Waals surface area contributed by atoms with Crippen molar-refractivity contribution in [3.8, 4) is 11.5 Å². The minimum atomic E-state index is 0.0266. The SMILES string of the molecule is Oc1cc(Cl)c(OCCCSc2nc3ccccc3s2)c(Cl)c1. The number of rotatable bonds is 6. The predicted molar refractivity (Wildman–Crippen MR) is 98.6 cm³/mol. The number of phenolic OH excluding ortho intramolecular Hbond substituents is 1. The molecule has 0 radical (unpaired) electrons. The van der Waals surface area contributed by atoms with E-state index in [2.05, 4.69) is 11.1 Å². The van der Waals surface area contributed by atoms with Crippen molar-refractivity contribution in [3.05, 3.63) is 46.4 Å². The number of aromatic nitrogens is 1. The summed E-state index contributed by atoms with van der Waals surface area (Å²) >= 11 is 15.4. The topological polar surface area (TPSA) is 42.4 Å². The third-order valence-corrected chi connectivity index (χ3v) is 5.85. The second-order valence-electron chi connectivity index (χ2n) is 4.74. The van der Waals surface area contributed by atoms with Gasteiger partial charge in [-0.1, -0.05) is 47.1 Å². The lowest BCUT2D eigenvalue weighted by atomic mass is 10.3. The van der Waals surface area contributed by atoms with Gasteiger partial charge in [-0.25, -0.2) is 4.98 Å². The van der Waals surface area contributed by atoms with Crippen LogP contribution in [0.2, 0.25) is 10.0 Å². The molecule has 1 aromatic heterocycles. The van der Waals surface area contributed by atoms with Crippen LogP contribution < -0.4 is 4.74 Å². The molecule has 0 aliphatic heterocycles. The van der Waals surface area contributed by atoms with Gasteiger partial charge in [0, 0.05) is 17.9 Å². The molecular formula is C16H13Cl2NO2S2. The van der Waals surface area contributed by atoms with Gasteiger partial charge in [-0.15, -0.1) is 11.3 Å². The molecule has 0 aliphatic carbocycles. The zero-order valence-electron chi connectivity index (χ0n) is 12.0. The van der Waals surface area contributed by atoms with Crippen molar-refractivity contribution in [1.82, 2.24) is 4.98 Å². The average Bonchev–Trinajstić information content (AvgIpc) is 2.91. The molecule has 0 atom stereocenters. The molecule has 120 valence electrons. The van der Waals surface area contributed by atoms with Crippen molar-refractivity contribution in [2.24, 2.45) is 0 Å². The molecule has 3 aromatic rings. The smallest absolute Gasteiger partial charge is 0.156 e. The first-order valence-corrected chi connectivity index (χ1v) is 9.48. The summed E-state index contributed by atoms with van der Waals surface area (Å²) in [6.07, 6.45) is 0.841. The van der Waals surface area contributed by atoms with Crippen LogP contribution in [0, 0.1) is 0 Å². The van der Waals surface area contributed by atoms with Gasteiger partial charge in [0.2, 0.25) is 0 Å². The van der Waals surface area contributed by atoms with Crippen molar-refractivity contribution < 1.29 is 9.84 Å². The number of thiazole rings is 1. The van der Waals surface area contributed by atoms with E-state index in [1.54, 1.807) is 23.1 Å². The van der Waals surface area contributed by atoms with Crippen LogP contribution >= 0.6 is 46.3 Å². The number of para-hydroxylation sites is 1. The van der Waals surface area contributed by atoms with Crippen LogP contribution in [0.15, 0.2) is 40.7 Å². The number of ether oxygens (including phenoxy) is 1. The molecule has 0 amide bonds. The molecule has 3 rings (SSSR count). The van der Waals surface area contributed by atoms with E-state index < -0.39 is 0 Å². The summed E-state index contributed by atoms with van der Waals surface area (Å²) in [4.78, 5) is 4.58. The van der Waals surface area contributed by atoms with Gasteiger partial charge in [0.25, 0.3) is 0 Å². The number of halogens is 2. The van der Waals surface area contributed by atoms with Crippen LogP contribution in [0.1, 0.15) is 6.42 Å². The Labute approximate surface area is 152 Å². The molecule has 0 bridgehead atoms. The van der Waals surface area contributed by atoms with Crippen LogP contribution in [0.3, 0.4) is 0 Å². The molecule has 3 nitrogen and oxygen atoms in total. The number of hydrogen-bond donors (Lipinski definition) is 1. The maximum Gasteiger partial charge on any atom is 0.156 e. The van der Waals surface area contributed by atoms with E-state index in [-0.39, 0.29) is 5.75 Å². The molecule has 1 heterocycles. The first kappa shape index (κ1) is 16.7. The largest absolute Gasteiger partial charge is 0.508 e. The van der Waals surface area contributed by atoms with Crippen LogP contribution in [0.4, 0.5) is 0 Å². The van der Waals surface area contributed by atoms with Crippen molar-refractivity contribution >= 4 is 56.5 Å². The number of fused-ring (bicyclic) bond motifs is 1. The maximum absolute atomic E-state index is 9.38. The second kappa shape index (κ2) is 7.62. The van der Waals surface area contributed by atoms with Crippen molar-refractivity contribution in [1.29, 1.82) is 0 Å². The molecule has 23 heavy (non-hydrogen) atoms. The number of thioether (sulfide) groups is 1. The highest BCUT2D eigenvalue weighted by atomic mass is 35.5. The van der Waals surface area contributed by atoms with Gasteiger partial charge in [0.1, 0.15) is 5.75 Å². The molecule has 0 saturated carbocycles. The van der Waals surface area contributed by atoms with Gasteiger partial charge in [-0.3, -0.25) is 0 Å². The highest BCUT2D eigenvalue weighted by Gasteiger charge is 2.09. The predicted octanol–water partition coefficient (Wildman–Crippen LogP) is 5.87. The van der Waals surface area contributed by atoms with E-state index in [1.807, 2.05) is 18.2 Å². The van der Waals surface area contributed by atoms with E-state index in [1.165, 1.54) is 16.8 Å². The Balaban J connectivity index is 1.49. The van der Waals surface area contributed by atoms with E-state index in [9.17, 15) is 5.11 Å². The molecule has 0 aliphatic rings. The number of benzene rings is 2. The molecule has 0 spiro atoms. The number of phenols is 1. The van der Waals surface area contributed by atoms with E-state index in [4.69, 9.17) is 27.9 Å². The quantitative estimate of drug-likeness (QED) is 0.425. The average molecular weight is 386 g/mol. The Morgan fingerprint density at radius 2 is 1.91 bits per heavy atom.